The summed E-state index contributed by atoms with van der Waals surface area (Å²) in [6.07, 6.45) is 0. The van der Waals surface area contributed by atoms with E-state index in [-0.39, 0.29) is 11.7 Å². The molecule has 1 amide bonds. The summed E-state index contributed by atoms with van der Waals surface area (Å²) >= 11 is 6.10. The van der Waals surface area contributed by atoms with Crippen LogP contribution in [-0.2, 0) is 6.54 Å². The second-order valence-electron chi connectivity index (χ2n) is 6.90. The van der Waals surface area contributed by atoms with Crippen molar-refractivity contribution in [2.75, 3.05) is 13.2 Å². The Morgan fingerprint density at radius 1 is 1.14 bits per heavy atom. The number of benzene rings is 2. The van der Waals surface area contributed by atoms with E-state index in [0.717, 1.165) is 16.7 Å². The van der Waals surface area contributed by atoms with Gasteiger partial charge in [-0.05, 0) is 55.3 Å². The van der Waals surface area contributed by atoms with Crippen molar-refractivity contribution in [3.8, 4) is 22.6 Å². The number of aryl methyl sites for hydroxylation is 2. The number of aromatic hydroxyl groups is 1. The highest BCUT2D eigenvalue weighted by Crippen LogP contribution is 2.38. The molecule has 2 aromatic carbocycles. The summed E-state index contributed by atoms with van der Waals surface area (Å²) in [4.78, 5) is 14.7. The number of nitrogens with zero attached hydrogens (tertiary/aromatic N) is 1. The number of ether oxygens (including phenoxy) is 1. The number of carbonyl (C=O) groups is 1. The molecule has 5 nitrogen and oxygen atoms in total. The molecule has 144 valence electrons. The molecule has 1 aliphatic heterocycles. The molecule has 0 saturated carbocycles. The lowest BCUT2D eigenvalue weighted by Gasteiger charge is -2.19. The summed E-state index contributed by atoms with van der Waals surface area (Å²) in [5.74, 6) is 1.66. The van der Waals surface area contributed by atoms with Crippen LogP contribution in [0.3, 0.4) is 0 Å². The first-order chi connectivity index (χ1) is 13.4. The Morgan fingerprint density at radius 3 is 2.68 bits per heavy atom. The molecule has 0 fully saturated rings. The summed E-state index contributed by atoms with van der Waals surface area (Å²) in [7, 11) is 0. The molecule has 0 bridgehead atoms. The highest BCUT2D eigenvalue weighted by atomic mass is 35.5. The Labute approximate surface area is 168 Å². The van der Waals surface area contributed by atoms with E-state index in [2.05, 4.69) is 0 Å². The number of amides is 1. The zero-order chi connectivity index (χ0) is 19.8. The van der Waals surface area contributed by atoms with E-state index in [1.807, 2.05) is 31.2 Å². The fraction of sp³-hybridized carbons (Fsp3) is 0.227. The normalized spacial score (nSPS) is 13.6. The third-order valence-electron chi connectivity index (χ3n) is 4.83. The molecule has 1 aromatic heterocycles. The summed E-state index contributed by atoms with van der Waals surface area (Å²) in [5, 5.41) is 11.1. The minimum absolute atomic E-state index is 0.0529. The zero-order valence-electron chi connectivity index (χ0n) is 15.7. The Bertz CT molecular complexity index is 1060. The molecule has 0 aliphatic carbocycles. The number of fused-ring (bicyclic) bond motifs is 1. The first-order valence-electron chi connectivity index (χ1n) is 9.03. The standard InChI is InChI=1S/C22H20ClNO4/c1-13-8-19(14(2)28-13)22(26)24-6-7-27-21-17(12-24)9-16(11-20(21)25)15-4-3-5-18(23)10-15/h3-5,8-11,25H,6-7,12H2,1-2H3. The molecule has 4 rings (SSSR count). The topological polar surface area (TPSA) is 62.9 Å². The molecule has 0 saturated heterocycles. The molecule has 1 aliphatic rings. The maximum atomic E-state index is 13.0. The van der Waals surface area contributed by atoms with Gasteiger partial charge in [-0.1, -0.05) is 23.7 Å². The SMILES string of the molecule is Cc1cc(C(=O)N2CCOc3c(O)cc(-c4cccc(Cl)c4)cc3C2)c(C)o1. The van der Waals surface area contributed by atoms with Crippen molar-refractivity contribution in [1.29, 1.82) is 0 Å². The van der Waals surface area contributed by atoms with Gasteiger partial charge in [0.2, 0.25) is 0 Å². The van der Waals surface area contributed by atoms with Crippen molar-refractivity contribution >= 4 is 17.5 Å². The molecule has 0 atom stereocenters. The van der Waals surface area contributed by atoms with Crippen LogP contribution in [-0.4, -0.2) is 29.1 Å². The van der Waals surface area contributed by atoms with Crippen LogP contribution in [0.4, 0.5) is 0 Å². The quantitative estimate of drug-likeness (QED) is 0.664. The van der Waals surface area contributed by atoms with Crippen molar-refractivity contribution in [1.82, 2.24) is 4.90 Å². The second-order valence-corrected chi connectivity index (χ2v) is 7.33. The van der Waals surface area contributed by atoms with E-state index in [1.165, 1.54) is 0 Å². The molecular weight excluding hydrogens is 378 g/mol. The number of hydrogen-bond acceptors (Lipinski definition) is 4. The fourth-order valence-electron chi connectivity index (χ4n) is 3.52. The van der Waals surface area contributed by atoms with Gasteiger partial charge >= 0.3 is 0 Å². The summed E-state index contributed by atoms with van der Waals surface area (Å²) < 4.78 is 11.3. The van der Waals surface area contributed by atoms with Crippen molar-refractivity contribution in [3.63, 3.8) is 0 Å². The lowest BCUT2D eigenvalue weighted by atomic mass is 10.0. The average Bonchev–Trinajstić information content (AvgIpc) is 2.87. The van der Waals surface area contributed by atoms with E-state index < -0.39 is 0 Å². The van der Waals surface area contributed by atoms with E-state index in [1.54, 1.807) is 30.0 Å². The van der Waals surface area contributed by atoms with E-state index in [9.17, 15) is 9.90 Å². The van der Waals surface area contributed by atoms with Gasteiger partial charge in [0.05, 0.1) is 12.1 Å². The number of phenols is 1. The van der Waals surface area contributed by atoms with E-state index in [0.29, 0.717) is 47.6 Å². The minimum Gasteiger partial charge on any atom is -0.504 e. The minimum atomic E-state index is -0.113. The van der Waals surface area contributed by atoms with E-state index in [4.69, 9.17) is 20.8 Å². The third kappa shape index (κ3) is 3.45. The molecule has 0 unspecified atom stereocenters. The second kappa shape index (κ2) is 7.24. The highest BCUT2D eigenvalue weighted by molar-refractivity contribution is 6.30. The van der Waals surface area contributed by atoms with Gasteiger partial charge in [-0.25, -0.2) is 0 Å². The van der Waals surface area contributed by atoms with Gasteiger partial charge < -0.3 is 19.2 Å². The number of halogens is 1. The fourth-order valence-corrected chi connectivity index (χ4v) is 3.71. The van der Waals surface area contributed by atoms with Crippen molar-refractivity contribution in [2.45, 2.75) is 20.4 Å². The van der Waals surface area contributed by atoms with Crippen molar-refractivity contribution in [2.24, 2.45) is 0 Å². The van der Waals surface area contributed by atoms with Crippen LogP contribution in [0.15, 0.2) is 46.9 Å². The van der Waals surface area contributed by atoms with Gasteiger partial charge in [-0.15, -0.1) is 0 Å². The Morgan fingerprint density at radius 2 is 1.96 bits per heavy atom. The lowest BCUT2D eigenvalue weighted by molar-refractivity contribution is 0.0731. The molecule has 6 heteroatoms. The molecule has 3 aromatic rings. The van der Waals surface area contributed by atoms with Crippen LogP contribution >= 0.6 is 11.6 Å². The van der Waals surface area contributed by atoms with Crippen molar-refractivity contribution in [3.05, 3.63) is 70.1 Å². The van der Waals surface area contributed by atoms with Gasteiger partial charge in [0.1, 0.15) is 18.1 Å². The maximum absolute atomic E-state index is 13.0. The maximum Gasteiger partial charge on any atom is 0.257 e. The van der Waals surface area contributed by atoms with Gasteiger partial charge in [-0.2, -0.15) is 0 Å². The number of rotatable bonds is 2. The molecule has 0 radical (unpaired) electrons. The average molecular weight is 398 g/mol. The Kier molecular flexibility index (Phi) is 4.77. The van der Waals surface area contributed by atoms with Gasteiger partial charge in [-0.3, -0.25) is 4.79 Å². The summed E-state index contributed by atoms with van der Waals surface area (Å²) in [6, 6.07) is 12.8. The van der Waals surface area contributed by atoms with Crippen LogP contribution in [0.25, 0.3) is 11.1 Å². The third-order valence-corrected chi connectivity index (χ3v) is 5.07. The lowest BCUT2D eigenvalue weighted by Crippen LogP contribution is -2.32. The van der Waals surface area contributed by atoms with E-state index >= 15 is 0 Å². The van der Waals surface area contributed by atoms with Crippen molar-refractivity contribution < 1.29 is 19.1 Å². The van der Waals surface area contributed by atoms with Gasteiger partial charge in [0.25, 0.3) is 5.91 Å². The molecule has 0 spiro atoms. The summed E-state index contributed by atoms with van der Waals surface area (Å²) in [6.45, 7) is 4.66. The number of hydrogen-bond donors (Lipinski definition) is 1. The smallest absolute Gasteiger partial charge is 0.257 e. The predicted octanol–water partition coefficient (Wildman–Crippen LogP) is 4.96. The highest BCUT2D eigenvalue weighted by Gasteiger charge is 2.26. The van der Waals surface area contributed by atoms with Crippen LogP contribution in [0.1, 0.15) is 27.4 Å². The zero-order valence-corrected chi connectivity index (χ0v) is 16.4. The number of furan rings is 1. The number of carbonyl (C=O) groups excluding carboxylic acids is 1. The molecular formula is C22H20ClNO4. The monoisotopic (exact) mass is 397 g/mol. The van der Waals surface area contributed by atoms with Gasteiger partial charge in [0, 0.05) is 17.1 Å². The Balaban J connectivity index is 1.70. The first kappa shape index (κ1) is 18.4. The molecule has 28 heavy (non-hydrogen) atoms. The summed E-state index contributed by atoms with van der Waals surface area (Å²) in [5.41, 5.74) is 3.00. The Hall–Kier alpha value is -2.92. The largest absolute Gasteiger partial charge is 0.504 e. The first-order valence-corrected chi connectivity index (χ1v) is 9.41. The van der Waals surface area contributed by atoms with Crippen LogP contribution in [0, 0.1) is 13.8 Å². The molecule has 1 N–H and O–H groups in total. The van der Waals surface area contributed by atoms with Crippen LogP contribution in [0.5, 0.6) is 11.5 Å². The number of phenolic OH excluding ortho intramolecular Hbond substituents is 1. The predicted molar refractivity (Wildman–Crippen MR) is 107 cm³/mol. The van der Waals surface area contributed by atoms with Gasteiger partial charge in [0.15, 0.2) is 11.5 Å². The molecule has 2 heterocycles. The van der Waals surface area contributed by atoms with Crippen LogP contribution in [0.2, 0.25) is 5.02 Å². The van der Waals surface area contributed by atoms with Crippen LogP contribution < -0.4 is 4.74 Å².